The van der Waals surface area contributed by atoms with Crippen LogP contribution in [0.5, 0.6) is 5.75 Å². The average molecular weight is 364 g/mol. The lowest BCUT2D eigenvalue weighted by atomic mass is 10.1. The van der Waals surface area contributed by atoms with E-state index in [0.717, 1.165) is 37.5 Å². The van der Waals surface area contributed by atoms with Gasteiger partial charge in [0.1, 0.15) is 22.8 Å². The highest BCUT2D eigenvalue weighted by atomic mass is 79.9. The van der Waals surface area contributed by atoms with Crippen molar-refractivity contribution in [1.82, 2.24) is 15.0 Å². The van der Waals surface area contributed by atoms with E-state index in [9.17, 15) is 0 Å². The molecule has 0 aliphatic rings. The maximum Gasteiger partial charge on any atom is 0.142 e. The van der Waals surface area contributed by atoms with Gasteiger partial charge in [0.25, 0.3) is 0 Å². The van der Waals surface area contributed by atoms with Crippen LogP contribution in [-0.4, -0.2) is 22.1 Å². The molecule has 0 unspecified atom stereocenters. The molecule has 0 amide bonds. The Hall–Kier alpha value is -1.53. The second kappa shape index (κ2) is 5.69. The monoisotopic (exact) mass is 363 g/mol. The average Bonchev–Trinajstić information content (AvgIpc) is 2.97. The van der Waals surface area contributed by atoms with E-state index in [-0.39, 0.29) is 0 Å². The molecule has 0 bridgehead atoms. The molecule has 0 fully saturated rings. The van der Waals surface area contributed by atoms with Crippen molar-refractivity contribution in [2.45, 2.75) is 19.8 Å². The van der Waals surface area contributed by atoms with Gasteiger partial charge in [0.05, 0.1) is 22.8 Å². The van der Waals surface area contributed by atoms with Crippen LogP contribution < -0.4 is 4.74 Å². The number of hydrogen-bond acceptors (Lipinski definition) is 5. The van der Waals surface area contributed by atoms with Gasteiger partial charge in [-0.25, -0.2) is 15.0 Å². The fourth-order valence-electron chi connectivity index (χ4n) is 2.07. The Morgan fingerprint density at radius 3 is 2.71 bits per heavy atom. The van der Waals surface area contributed by atoms with Crippen LogP contribution in [0.3, 0.4) is 0 Å². The fourth-order valence-corrected chi connectivity index (χ4v) is 3.74. The lowest BCUT2D eigenvalue weighted by Gasteiger charge is -2.08. The Balaban J connectivity index is 2.26. The number of hydrogen-bond donors (Lipinski definition) is 0. The highest BCUT2D eigenvalue weighted by Gasteiger charge is 2.16. The summed E-state index contributed by atoms with van der Waals surface area (Å²) >= 11 is 5.20. The summed E-state index contributed by atoms with van der Waals surface area (Å²) in [6.07, 6.45) is 1.58. The Labute approximate surface area is 135 Å². The van der Waals surface area contributed by atoms with Gasteiger partial charge in [-0.2, -0.15) is 0 Å². The second-order valence-electron chi connectivity index (χ2n) is 4.93. The van der Waals surface area contributed by atoms with Crippen LogP contribution in [0.15, 0.2) is 28.3 Å². The van der Waals surface area contributed by atoms with Crippen molar-refractivity contribution in [3.63, 3.8) is 0 Å². The molecular formula is C15H14BrN3OS. The first-order valence-electron chi connectivity index (χ1n) is 6.54. The third kappa shape index (κ3) is 2.53. The summed E-state index contributed by atoms with van der Waals surface area (Å²) in [6, 6.07) is 3.83. The normalized spacial score (nSPS) is 11.3. The minimum absolute atomic E-state index is 0.404. The molecule has 0 N–H and O–H groups in total. The van der Waals surface area contributed by atoms with Crippen molar-refractivity contribution in [2.75, 3.05) is 7.11 Å². The SMILES string of the molecule is COc1ccc2ncnc(-c3nc(C(C)C)cs3)c2c1Br. The summed E-state index contributed by atoms with van der Waals surface area (Å²) in [5, 5.41) is 3.92. The van der Waals surface area contributed by atoms with E-state index in [4.69, 9.17) is 9.72 Å². The minimum Gasteiger partial charge on any atom is -0.496 e. The van der Waals surface area contributed by atoms with Gasteiger partial charge >= 0.3 is 0 Å². The summed E-state index contributed by atoms with van der Waals surface area (Å²) in [6.45, 7) is 4.27. The van der Waals surface area contributed by atoms with Crippen LogP contribution in [0, 0.1) is 0 Å². The van der Waals surface area contributed by atoms with Crippen LogP contribution in [0.4, 0.5) is 0 Å². The molecule has 6 heteroatoms. The zero-order valence-electron chi connectivity index (χ0n) is 11.9. The summed E-state index contributed by atoms with van der Waals surface area (Å²) in [7, 11) is 1.65. The highest BCUT2D eigenvalue weighted by Crippen LogP contribution is 2.38. The van der Waals surface area contributed by atoms with Crippen molar-refractivity contribution in [2.24, 2.45) is 0 Å². The Bertz CT molecular complexity index is 801. The number of fused-ring (bicyclic) bond motifs is 1. The Kier molecular flexibility index (Phi) is 3.91. The van der Waals surface area contributed by atoms with Crippen molar-refractivity contribution in [3.8, 4) is 16.5 Å². The number of thiazole rings is 1. The third-order valence-corrected chi connectivity index (χ3v) is 4.90. The van der Waals surface area contributed by atoms with Crippen molar-refractivity contribution >= 4 is 38.2 Å². The number of halogens is 1. The predicted octanol–water partition coefficient (Wildman–Crippen LogP) is 4.65. The smallest absolute Gasteiger partial charge is 0.142 e. The van der Waals surface area contributed by atoms with E-state index in [1.807, 2.05) is 12.1 Å². The molecule has 0 radical (unpaired) electrons. The molecule has 2 aromatic heterocycles. The summed E-state index contributed by atoms with van der Waals surface area (Å²) in [5.41, 5.74) is 2.79. The van der Waals surface area contributed by atoms with Gasteiger partial charge in [-0.05, 0) is 34.0 Å². The second-order valence-corrected chi connectivity index (χ2v) is 6.58. The van der Waals surface area contributed by atoms with E-state index in [1.54, 1.807) is 24.8 Å². The van der Waals surface area contributed by atoms with Crippen LogP contribution in [0.1, 0.15) is 25.5 Å². The first-order chi connectivity index (χ1) is 10.1. The number of methoxy groups -OCH3 is 1. The highest BCUT2D eigenvalue weighted by molar-refractivity contribution is 9.10. The summed E-state index contributed by atoms with van der Waals surface area (Å²) in [5.74, 6) is 1.17. The molecule has 1 aromatic carbocycles. The molecule has 0 aliphatic carbocycles. The molecule has 2 heterocycles. The van der Waals surface area contributed by atoms with E-state index in [2.05, 4.69) is 45.1 Å². The van der Waals surface area contributed by atoms with Crippen LogP contribution in [0.25, 0.3) is 21.6 Å². The predicted molar refractivity (Wildman–Crippen MR) is 89.0 cm³/mol. The molecular weight excluding hydrogens is 350 g/mol. The lowest BCUT2D eigenvalue weighted by Crippen LogP contribution is -1.93. The quantitative estimate of drug-likeness (QED) is 0.679. The lowest BCUT2D eigenvalue weighted by molar-refractivity contribution is 0.413. The Morgan fingerprint density at radius 2 is 2.05 bits per heavy atom. The van der Waals surface area contributed by atoms with Crippen molar-refractivity contribution in [3.05, 3.63) is 34.0 Å². The first-order valence-corrected chi connectivity index (χ1v) is 8.22. The third-order valence-electron chi connectivity index (χ3n) is 3.24. The van der Waals surface area contributed by atoms with Gasteiger partial charge in [0.2, 0.25) is 0 Å². The van der Waals surface area contributed by atoms with E-state index < -0.39 is 0 Å². The topological polar surface area (TPSA) is 47.9 Å². The molecule has 0 saturated carbocycles. The van der Waals surface area contributed by atoms with Gasteiger partial charge < -0.3 is 4.74 Å². The molecule has 3 rings (SSSR count). The van der Waals surface area contributed by atoms with Gasteiger partial charge in [-0.1, -0.05) is 13.8 Å². The van der Waals surface area contributed by atoms with Gasteiger partial charge in [0.15, 0.2) is 0 Å². The fraction of sp³-hybridized carbons (Fsp3) is 0.267. The largest absolute Gasteiger partial charge is 0.496 e. The molecule has 0 spiro atoms. The zero-order chi connectivity index (χ0) is 15.0. The molecule has 0 aliphatic heterocycles. The first kappa shape index (κ1) is 14.4. The number of ether oxygens (including phenoxy) is 1. The molecule has 4 nitrogen and oxygen atoms in total. The van der Waals surface area contributed by atoms with E-state index in [1.165, 1.54) is 0 Å². The summed E-state index contributed by atoms with van der Waals surface area (Å²) < 4.78 is 6.23. The molecule has 21 heavy (non-hydrogen) atoms. The Morgan fingerprint density at radius 1 is 1.24 bits per heavy atom. The van der Waals surface area contributed by atoms with E-state index in [0.29, 0.717) is 5.92 Å². The van der Waals surface area contributed by atoms with Crippen LogP contribution >= 0.6 is 27.3 Å². The number of benzene rings is 1. The molecule has 108 valence electrons. The minimum atomic E-state index is 0.404. The van der Waals surface area contributed by atoms with Crippen molar-refractivity contribution in [1.29, 1.82) is 0 Å². The van der Waals surface area contributed by atoms with Crippen LogP contribution in [-0.2, 0) is 0 Å². The summed E-state index contributed by atoms with van der Waals surface area (Å²) in [4.78, 5) is 13.5. The molecule has 0 saturated heterocycles. The zero-order valence-corrected chi connectivity index (χ0v) is 14.3. The number of rotatable bonds is 3. The number of nitrogens with zero attached hydrogens (tertiary/aromatic N) is 3. The maximum atomic E-state index is 5.37. The molecule has 0 atom stereocenters. The van der Waals surface area contributed by atoms with Crippen molar-refractivity contribution < 1.29 is 4.74 Å². The maximum absolute atomic E-state index is 5.37. The van der Waals surface area contributed by atoms with Gasteiger partial charge in [0, 0.05) is 10.8 Å². The van der Waals surface area contributed by atoms with E-state index >= 15 is 0 Å². The molecule has 3 aromatic rings. The van der Waals surface area contributed by atoms with Crippen LogP contribution in [0.2, 0.25) is 0 Å². The standard InChI is InChI=1S/C15H14BrN3OS/c1-8(2)10-6-21-15(19-10)14-12-9(17-7-18-14)4-5-11(20-3)13(12)16/h4-8H,1-3H3. The van der Waals surface area contributed by atoms with Gasteiger partial charge in [-0.3, -0.25) is 0 Å². The van der Waals surface area contributed by atoms with Gasteiger partial charge in [-0.15, -0.1) is 11.3 Å². The number of aromatic nitrogens is 3.